The normalized spacial score (nSPS) is 19.3. The van der Waals surface area contributed by atoms with E-state index in [1.165, 1.54) is 19.4 Å². The standard InChI is InChI=1S/C15H24N2O/c1-2-10-17(14-8-9-16-13-14)11-12-18-15-6-4-3-5-7-15/h3-7,14,16H,2,8-13H2,1H3. The van der Waals surface area contributed by atoms with Crippen molar-refractivity contribution in [2.24, 2.45) is 0 Å². The smallest absolute Gasteiger partial charge is 0.119 e. The molecule has 0 spiro atoms. The van der Waals surface area contributed by atoms with Crippen LogP contribution in [0, 0.1) is 0 Å². The van der Waals surface area contributed by atoms with E-state index in [4.69, 9.17) is 4.74 Å². The van der Waals surface area contributed by atoms with Crippen LogP contribution in [0.4, 0.5) is 0 Å². The molecule has 1 atom stereocenters. The zero-order chi connectivity index (χ0) is 12.6. The van der Waals surface area contributed by atoms with Gasteiger partial charge in [0.25, 0.3) is 0 Å². The lowest BCUT2D eigenvalue weighted by Crippen LogP contribution is -2.40. The second kappa shape index (κ2) is 7.39. The molecule has 0 aliphatic carbocycles. The van der Waals surface area contributed by atoms with Crippen LogP contribution < -0.4 is 10.1 Å². The summed E-state index contributed by atoms with van der Waals surface area (Å²) >= 11 is 0. The molecule has 0 radical (unpaired) electrons. The maximum Gasteiger partial charge on any atom is 0.119 e. The van der Waals surface area contributed by atoms with Gasteiger partial charge in [-0.15, -0.1) is 0 Å². The van der Waals surface area contributed by atoms with Gasteiger partial charge in [0.15, 0.2) is 0 Å². The predicted octanol–water partition coefficient (Wildman–Crippen LogP) is 2.14. The van der Waals surface area contributed by atoms with Crippen molar-refractivity contribution in [3.8, 4) is 5.75 Å². The van der Waals surface area contributed by atoms with Gasteiger partial charge in [0.1, 0.15) is 12.4 Å². The van der Waals surface area contributed by atoms with Crippen molar-refractivity contribution in [1.82, 2.24) is 10.2 Å². The SMILES string of the molecule is CCCN(CCOc1ccccc1)C1CCNC1. The lowest BCUT2D eigenvalue weighted by Gasteiger charge is -2.27. The van der Waals surface area contributed by atoms with Gasteiger partial charge < -0.3 is 10.1 Å². The Balaban J connectivity index is 1.75. The topological polar surface area (TPSA) is 24.5 Å². The van der Waals surface area contributed by atoms with Crippen molar-refractivity contribution in [2.75, 3.05) is 32.8 Å². The quantitative estimate of drug-likeness (QED) is 0.800. The molecule has 18 heavy (non-hydrogen) atoms. The molecule has 1 fully saturated rings. The van der Waals surface area contributed by atoms with E-state index in [9.17, 15) is 0 Å². The summed E-state index contributed by atoms with van der Waals surface area (Å²) < 4.78 is 5.78. The first kappa shape index (κ1) is 13.4. The second-order valence-electron chi connectivity index (χ2n) is 4.84. The number of nitrogens with one attached hydrogen (secondary N) is 1. The van der Waals surface area contributed by atoms with Crippen molar-refractivity contribution < 1.29 is 4.74 Å². The van der Waals surface area contributed by atoms with Crippen LogP contribution in [0.1, 0.15) is 19.8 Å². The van der Waals surface area contributed by atoms with Gasteiger partial charge in [-0.05, 0) is 38.1 Å². The number of rotatable bonds is 7. The maximum absolute atomic E-state index is 5.78. The Kier molecular flexibility index (Phi) is 5.49. The second-order valence-corrected chi connectivity index (χ2v) is 4.84. The van der Waals surface area contributed by atoms with Gasteiger partial charge in [-0.3, -0.25) is 4.90 Å². The summed E-state index contributed by atoms with van der Waals surface area (Å²) in [6.07, 6.45) is 2.48. The largest absolute Gasteiger partial charge is 0.492 e. The Morgan fingerprint density at radius 2 is 2.11 bits per heavy atom. The van der Waals surface area contributed by atoms with Gasteiger partial charge >= 0.3 is 0 Å². The first-order valence-corrected chi connectivity index (χ1v) is 7.02. The molecule has 1 aromatic carbocycles. The highest BCUT2D eigenvalue weighted by Gasteiger charge is 2.21. The summed E-state index contributed by atoms with van der Waals surface area (Å²) in [6.45, 7) is 7.50. The van der Waals surface area contributed by atoms with E-state index >= 15 is 0 Å². The monoisotopic (exact) mass is 248 g/mol. The van der Waals surface area contributed by atoms with Crippen LogP contribution in [0.15, 0.2) is 30.3 Å². The highest BCUT2D eigenvalue weighted by Crippen LogP contribution is 2.11. The molecule has 1 heterocycles. The fourth-order valence-corrected chi connectivity index (χ4v) is 2.51. The van der Waals surface area contributed by atoms with Crippen LogP contribution in [0.5, 0.6) is 5.75 Å². The lowest BCUT2D eigenvalue weighted by atomic mass is 10.2. The number of benzene rings is 1. The average Bonchev–Trinajstić information content (AvgIpc) is 2.93. The Bertz CT molecular complexity index is 323. The third kappa shape index (κ3) is 4.00. The minimum Gasteiger partial charge on any atom is -0.492 e. The van der Waals surface area contributed by atoms with Crippen LogP contribution in [0.2, 0.25) is 0 Å². The Hall–Kier alpha value is -1.06. The van der Waals surface area contributed by atoms with Gasteiger partial charge in [0, 0.05) is 19.1 Å². The summed E-state index contributed by atoms with van der Waals surface area (Å²) in [4.78, 5) is 2.56. The molecule has 1 aromatic rings. The summed E-state index contributed by atoms with van der Waals surface area (Å²) in [6, 6.07) is 10.8. The molecule has 0 aromatic heterocycles. The summed E-state index contributed by atoms with van der Waals surface area (Å²) in [7, 11) is 0. The maximum atomic E-state index is 5.78. The van der Waals surface area contributed by atoms with Crippen molar-refractivity contribution in [3.63, 3.8) is 0 Å². The number of para-hydroxylation sites is 1. The molecular weight excluding hydrogens is 224 g/mol. The Morgan fingerprint density at radius 1 is 1.28 bits per heavy atom. The third-order valence-electron chi connectivity index (χ3n) is 3.45. The molecule has 0 saturated carbocycles. The van der Waals surface area contributed by atoms with E-state index < -0.39 is 0 Å². The molecule has 1 saturated heterocycles. The zero-order valence-corrected chi connectivity index (χ0v) is 11.3. The molecule has 3 nitrogen and oxygen atoms in total. The van der Waals surface area contributed by atoms with E-state index in [0.717, 1.165) is 32.0 Å². The lowest BCUT2D eigenvalue weighted by molar-refractivity contribution is 0.167. The van der Waals surface area contributed by atoms with Gasteiger partial charge in [0.05, 0.1) is 0 Å². The fourth-order valence-electron chi connectivity index (χ4n) is 2.51. The minimum absolute atomic E-state index is 0.698. The van der Waals surface area contributed by atoms with Crippen LogP contribution in [0.25, 0.3) is 0 Å². The van der Waals surface area contributed by atoms with E-state index in [0.29, 0.717) is 6.04 Å². The summed E-state index contributed by atoms with van der Waals surface area (Å²) in [5.41, 5.74) is 0. The Labute approximate surface area is 110 Å². The molecule has 1 unspecified atom stereocenters. The number of nitrogens with zero attached hydrogens (tertiary/aromatic N) is 1. The average molecular weight is 248 g/mol. The van der Waals surface area contributed by atoms with Crippen LogP contribution in [-0.2, 0) is 0 Å². The zero-order valence-electron chi connectivity index (χ0n) is 11.3. The first-order chi connectivity index (χ1) is 8.90. The third-order valence-corrected chi connectivity index (χ3v) is 3.45. The van der Waals surface area contributed by atoms with Crippen LogP contribution >= 0.6 is 0 Å². The van der Waals surface area contributed by atoms with Gasteiger partial charge in [-0.2, -0.15) is 0 Å². The minimum atomic E-state index is 0.698. The molecule has 100 valence electrons. The van der Waals surface area contributed by atoms with Crippen LogP contribution in [0.3, 0.4) is 0 Å². The molecule has 0 bridgehead atoms. The number of ether oxygens (including phenoxy) is 1. The van der Waals surface area contributed by atoms with Gasteiger partial charge in [0.2, 0.25) is 0 Å². The Morgan fingerprint density at radius 3 is 2.78 bits per heavy atom. The molecule has 1 N–H and O–H groups in total. The predicted molar refractivity (Wildman–Crippen MR) is 75.1 cm³/mol. The molecule has 3 heteroatoms. The molecule has 0 amide bonds. The van der Waals surface area contributed by atoms with E-state index in [-0.39, 0.29) is 0 Å². The fraction of sp³-hybridized carbons (Fsp3) is 0.600. The molecular formula is C15H24N2O. The van der Waals surface area contributed by atoms with Crippen molar-refractivity contribution in [1.29, 1.82) is 0 Å². The number of hydrogen-bond donors (Lipinski definition) is 1. The highest BCUT2D eigenvalue weighted by molar-refractivity contribution is 5.20. The molecule has 1 aliphatic heterocycles. The van der Waals surface area contributed by atoms with E-state index in [1.54, 1.807) is 0 Å². The van der Waals surface area contributed by atoms with Gasteiger partial charge in [-0.25, -0.2) is 0 Å². The van der Waals surface area contributed by atoms with Crippen molar-refractivity contribution >= 4 is 0 Å². The van der Waals surface area contributed by atoms with Crippen molar-refractivity contribution in [2.45, 2.75) is 25.8 Å². The first-order valence-electron chi connectivity index (χ1n) is 7.02. The highest BCUT2D eigenvalue weighted by atomic mass is 16.5. The van der Waals surface area contributed by atoms with Crippen LogP contribution in [-0.4, -0.2) is 43.7 Å². The van der Waals surface area contributed by atoms with E-state index in [1.807, 2.05) is 30.3 Å². The summed E-state index contributed by atoms with van der Waals surface area (Å²) in [5, 5.41) is 3.44. The van der Waals surface area contributed by atoms with Crippen molar-refractivity contribution in [3.05, 3.63) is 30.3 Å². The number of hydrogen-bond acceptors (Lipinski definition) is 3. The van der Waals surface area contributed by atoms with Gasteiger partial charge in [-0.1, -0.05) is 25.1 Å². The molecule has 2 rings (SSSR count). The van der Waals surface area contributed by atoms with E-state index in [2.05, 4.69) is 17.1 Å². The molecule has 1 aliphatic rings. The summed E-state index contributed by atoms with van der Waals surface area (Å²) in [5.74, 6) is 0.971.